The van der Waals surface area contributed by atoms with Crippen molar-refractivity contribution in [3.63, 3.8) is 0 Å². The van der Waals surface area contributed by atoms with Gasteiger partial charge >= 0.3 is 0 Å². The second kappa shape index (κ2) is 8.04. The quantitative estimate of drug-likeness (QED) is 0.382. The van der Waals surface area contributed by atoms with Gasteiger partial charge in [-0.25, -0.2) is 0 Å². The van der Waals surface area contributed by atoms with Crippen LogP contribution in [0.4, 0.5) is 5.69 Å². The molecule has 0 radical (unpaired) electrons. The molecule has 0 fully saturated rings. The number of hydrogen-bond donors (Lipinski definition) is 1. The lowest BCUT2D eigenvalue weighted by Crippen LogP contribution is -2.25. The topological polar surface area (TPSA) is 12.0 Å². The van der Waals surface area contributed by atoms with Gasteiger partial charge < -0.3 is 5.32 Å². The van der Waals surface area contributed by atoms with E-state index in [1.807, 2.05) is 0 Å². The van der Waals surface area contributed by atoms with E-state index in [0.29, 0.717) is 5.92 Å². The first kappa shape index (κ1) is 18.4. The summed E-state index contributed by atoms with van der Waals surface area (Å²) in [5, 5.41) is 6.31. The van der Waals surface area contributed by atoms with Gasteiger partial charge in [-0.15, -0.1) is 0 Å². The molecule has 1 N–H and O–H groups in total. The van der Waals surface area contributed by atoms with Crippen molar-refractivity contribution < 1.29 is 0 Å². The molecular weight excluding hydrogens is 362 g/mol. The predicted molar refractivity (Wildman–Crippen MR) is 129 cm³/mol. The Bertz CT molecular complexity index is 1210. The largest absolute Gasteiger partial charge is 0.377 e. The molecule has 2 unspecified atom stereocenters. The van der Waals surface area contributed by atoms with Gasteiger partial charge in [0, 0.05) is 17.0 Å². The van der Waals surface area contributed by atoms with Crippen LogP contribution in [0.15, 0.2) is 115 Å². The Morgan fingerprint density at radius 1 is 0.633 bits per heavy atom. The third kappa shape index (κ3) is 3.67. The Kier molecular flexibility index (Phi) is 4.94. The number of fused-ring (bicyclic) bond motifs is 1. The minimum atomic E-state index is 0.214. The van der Waals surface area contributed by atoms with Crippen LogP contribution in [0.2, 0.25) is 0 Å². The predicted octanol–water partition coefficient (Wildman–Crippen LogP) is 7.51. The summed E-state index contributed by atoms with van der Waals surface area (Å²) in [6.45, 7) is 2.12. The molecule has 5 rings (SSSR count). The molecule has 0 bridgehead atoms. The van der Waals surface area contributed by atoms with E-state index < -0.39 is 0 Å². The number of benzene rings is 4. The van der Waals surface area contributed by atoms with Crippen molar-refractivity contribution >= 4 is 16.5 Å². The van der Waals surface area contributed by atoms with Crippen molar-refractivity contribution in [1.29, 1.82) is 0 Å². The molecule has 0 saturated heterocycles. The zero-order valence-corrected chi connectivity index (χ0v) is 17.1. The van der Waals surface area contributed by atoms with Gasteiger partial charge in [0.05, 0.1) is 6.04 Å². The van der Waals surface area contributed by atoms with Gasteiger partial charge in [-0.1, -0.05) is 115 Å². The van der Waals surface area contributed by atoms with E-state index >= 15 is 0 Å². The lowest BCUT2D eigenvalue weighted by atomic mass is 9.87. The fourth-order valence-electron chi connectivity index (χ4n) is 4.24. The lowest BCUT2D eigenvalue weighted by Gasteiger charge is -2.27. The van der Waals surface area contributed by atoms with Crippen LogP contribution in [0.1, 0.15) is 17.0 Å². The Morgan fingerprint density at radius 2 is 1.30 bits per heavy atom. The number of nitrogens with one attached hydrogen (secondary N) is 1. The van der Waals surface area contributed by atoms with E-state index in [0.717, 1.165) is 0 Å². The summed E-state index contributed by atoms with van der Waals surface area (Å²) in [5.74, 6) is 0.293. The van der Waals surface area contributed by atoms with Crippen LogP contribution in [0, 0.1) is 6.92 Å². The molecule has 146 valence electrons. The molecule has 0 heterocycles. The standard InChI is InChI=1S/C29H25N/c1-21-13-15-22(16-14-21)23-17-19-25(20-18-23)27-10-4-5-11-28(27)30-29-12-6-8-24-7-2-3-9-26(24)29/h2-20,27-28,30H,1H3. The zero-order chi connectivity index (χ0) is 20.3. The zero-order valence-electron chi connectivity index (χ0n) is 17.1. The molecule has 4 aromatic rings. The molecular formula is C29H25N. The molecule has 0 saturated carbocycles. The fourth-order valence-corrected chi connectivity index (χ4v) is 4.24. The van der Waals surface area contributed by atoms with Crippen molar-refractivity contribution in [3.05, 3.63) is 126 Å². The van der Waals surface area contributed by atoms with Gasteiger partial charge in [0.2, 0.25) is 0 Å². The highest BCUT2D eigenvalue weighted by molar-refractivity contribution is 5.94. The Labute approximate surface area is 178 Å². The van der Waals surface area contributed by atoms with E-state index in [9.17, 15) is 0 Å². The molecule has 0 aromatic heterocycles. The molecule has 1 aliphatic rings. The summed E-state index contributed by atoms with van der Waals surface area (Å²) in [6, 6.07) is 32.9. The van der Waals surface area contributed by atoms with Crippen molar-refractivity contribution in [2.75, 3.05) is 5.32 Å². The number of rotatable bonds is 4. The highest BCUT2D eigenvalue weighted by Gasteiger charge is 2.21. The highest BCUT2D eigenvalue weighted by Crippen LogP contribution is 2.32. The van der Waals surface area contributed by atoms with Crippen LogP contribution in [0.5, 0.6) is 0 Å². The van der Waals surface area contributed by atoms with Gasteiger partial charge in [-0.2, -0.15) is 0 Å². The summed E-state index contributed by atoms with van der Waals surface area (Å²) < 4.78 is 0. The maximum absolute atomic E-state index is 3.79. The van der Waals surface area contributed by atoms with Crippen LogP contribution in [0.3, 0.4) is 0 Å². The van der Waals surface area contributed by atoms with Crippen molar-refractivity contribution in [2.45, 2.75) is 18.9 Å². The molecule has 1 aliphatic carbocycles. The normalized spacial score (nSPS) is 17.9. The summed E-state index contributed by atoms with van der Waals surface area (Å²) in [7, 11) is 0. The van der Waals surface area contributed by atoms with Crippen LogP contribution in [0.25, 0.3) is 21.9 Å². The smallest absolute Gasteiger partial charge is 0.0551 e. The van der Waals surface area contributed by atoms with E-state index in [1.165, 1.54) is 38.7 Å². The molecule has 1 heteroatoms. The van der Waals surface area contributed by atoms with Crippen LogP contribution >= 0.6 is 0 Å². The second-order valence-electron chi connectivity index (χ2n) is 7.98. The second-order valence-corrected chi connectivity index (χ2v) is 7.98. The molecule has 30 heavy (non-hydrogen) atoms. The minimum absolute atomic E-state index is 0.214. The first-order chi connectivity index (χ1) is 14.8. The molecule has 4 aromatic carbocycles. The Balaban J connectivity index is 1.42. The fraction of sp³-hybridized carbons (Fsp3) is 0.103. The van der Waals surface area contributed by atoms with Crippen molar-refractivity contribution in [2.24, 2.45) is 0 Å². The number of allylic oxidation sites excluding steroid dienone is 2. The average molecular weight is 388 g/mol. The average Bonchev–Trinajstić information content (AvgIpc) is 2.80. The van der Waals surface area contributed by atoms with Crippen LogP contribution in [-0.4, -0.2) is 6.04 Å². The summed E-state index contributed by atoms with van der Waals surface area (Å²) >= 11 is 0. The highest BCUT2D eigenvalue weighted by atomic mass is 14.9. The maximum atomic E-state index is 3.79. The van der Waals surface area contributed by atoms with E-state index in [4.69, 9.17) is 0 Å². The first-order valence-electron chi connectivity index (χ1n) is 10.5. The third-order valence-corrected chi connectivity index (χ3v) is 5.93. The van der Waals surface area contributed by atoms with Gasteiger partial charge in [-0.3, -0.25) is 0 Å². The van der Waals surface area contributed by atoms with Gasteiger partial charge in [0.1, 0.15) is 0 Å². The number of aryl methyl sites for hydroxylation is 1. The number of hydrogen-bond acceptors (Lipinski definition) is 1. The van der Waals surface area contributed by atoms with E-state index in [2.05, 4.69) is 128 Å². The maximum Gasteiger partial charge on any atom is 0.0551 e. The minimum Gasteiger partial charge on any atom is -0.377 e. The molecule has 2 atom stereocenters. The SMILES string of the molecule is Cc1ccc(-c2ccc(C3C=CC=CC3Nc3cccc4ccccc34)cc2)cc1. The van der Waals surface area contributed by atoms with Gasteiger partial charge in [0.25, 0.3) is 0 Å². The Hall–Kier alpha value is -3.58. The first-order valence-corrected chi connectivity index (χ1v) is 10.5. The van der Waals surface area contributed by atoms with Gasteiger partial charge in [0.15, 0.2) is 0 Å². The molecule has 0 aliphatic heterocycles. The lowest BCUT2D eigenvalue weighted by molar-refractivity contribution is 0.757. The van der Waals surface area contributed by atoms with Crippen LogP contribution < -0.4 is 5.32 Å². The molecule has 0 spiro atoms. The summed E-state index contributed by atoms with van der Waals surface area (Å²) in [6.07, 6.45) is 8.85. The third-order valence-electron chi connectivity index (χ3n) is 5.93. The summed E-state index contributed by atoms with van der Waals surface area (Å²) in [4.78, 5) is 0. The van der Waals surface area contributed by atoms with Crippen molar-refractivity contribution in [3.8, 4) is 11.1 Å². The van der Waals surface area contributed by atoms with Crippen molar-refractivity contribution in [1.82, 2.24) is 0 Å². The summed E-state index contributed by atoms with van der Waals surface area (Å²) in [5.41, 5.74) is 6.31. The molecule has 1 nitrogen and oxygen atoms in total. The Morgan fingerprint density at radius 3 is 2.10 bits per heavy atom. The molecule has 0 amide bonds. The van der Waals surface area contributed by atoms with E-state index in [1.54, 1.807) is 0 Å². The van der Waals surface area contributed by atoms with Gasteiger partial charge in [-0.05, 0) is 35.1 Å². The monoisotopic (exact) mass is 387 g/mol. The van der Waals surface area contributed by atoms with E-state index in [-0.39, 0.29) is 6.04 Å². The van der Waals surface area contributed by atoms with Crippen LogP contribution in [-0.2, 0) is 0 Å². The number of anilines is 1.